The Bertz CT molecular complexity index is 219. The van der Waals surface area contributed by atoms with Crippen LogP contribution < -0.4 is 0 Å². The van der Waals surface area contributed by atoms with Crippen molar-refractivity contribution in [1.29, 1.82) is 0 Å². The minimum Gasteiger partial charge on any atom is -0.397 e. The third-order valence-electron chi connectivity index (χ3n) is 1.35. The fraction of sp³-hybridized carbons (Fsp3) is 0.400. The highest BCUT2D eigenvalue weighted by Crippen LogP contribution is 2.14. The number of aliphatic hydroxyl groups excluding tert-OH is 2. The van der Waals surface area contributed by atoms with Gasteiger partial charge in [-0.25, -0.2) is 0 Å². The molecule has 1 rings (SSSR count). The first-order valence-electron chi connectivity index (χ1n) is 4.16. The van der Waals surface area contributed by atoms with Gasteiger partial charge in [-0.1, -0.05) is 23.7 Å². The molecule has 1 atom stereocenters. The first-order chi connectivity index (χ1) is 6.11. The Balaban J connectivity index is 0.000000424. The summed E-state index contributed by atoms with van der Waals surface area (Å²) in [5, 5.41) is 17.3. The zero-order valence-electron chi connectivity index (χ0n) is 7.87. The third-order valence-corrected chi connectivity index (χ3v) is 1.60. The van der Waals surface area contributed by atoms with Crippen LogP contribution in [0.2, 0.25) is 5.02 Å². The molecular weight excluding hydrogens is 188 g/mol. The summed E-state index contributed by atoms with van der Waals surface area (Å²) >= 11 is 5.63. The summed E-state index contributed by atoms with van der Waals surface area (Å²) in [5.74, 6) is 0. The summed E-state index contributed by atoms with van der Waals surface area (Å²) in [4.78, 5) is 0. The number of hydrogen-bond acceptors (Lipinski definition) is 2. The van der Waals surface area contributed by atoms with Crippen LogP contribution in [-0.4, -0.2) is 16.8 Å². The second-order valence-electron chi connectivity index (χ2n) is 2.54. The summed E-state index contributed by atoms with van der Waals surface area (Å²) < 4.78 is 0. The lowest BCUT2D eigenvalue weighted by molar-refractivity contribution is 0.199. The molecule has 1 aromatic carbocycles. The molecule has 0 aliphatic rings. The maximum atomic E-state index is 9.07. The Hall–Kier alpha value is -0.570. The molecule has 0 saturated heterocycles. The van der Waals surface area contributed by atoms with Crippen LogP contribution in [0.15, 0.2) is 24.3 Å². The van der Waals surface area contributed by atoms with Crippen LogP contribution in [0.4, 0.5) is 0 Å². The summed E-state index contributed by atoms with van der Waals surface area (Å²) in [6, 6.07) is 7.16. The van der Waals surface area contributed by atoms with Crippen LogP contribution >= 0.6 is 11.6 Å². The molecule has 0 heterocycles. The number of hydrogen-bond donors (Lipinski definition) is 2. The van der Waals surface area contributed by atoms with Crippen molar-refractivity contribution in [3.8, 4) is 0 Å². The molecule has 13 heavy (non-hydrogen) atoms. The third kappa shape index (κ3) is 5.64. The molecular formula is C10H15ClO2. The SMILES string of the molecule is CC(O)c1ccc(Cl)cc1.CCO. The van der Waals surface area contributed by atoms with E-state index in [9.17, 15) is 0 Å². The molecule has 2 N–H and O–H groups in total. The van der Waals surface area contributed by atoms with Crippen LogP contribution in [0.3, 0.4) is 0 Å². The summed E-state index contributed by atoms with van der Waals surface area (Å²) in [5.41, 5.74) is 0.893. The lowest BCUT2D eigenvalue weighted by Crippen LogP contribution is -1.88. The van der Waals surface area contributed by atoms with E-state index < -0.39 is 6.10 Å². The molecule has 0 radical (unpaired) electrons. The zero-order chi connectivity index (χ0) is 10.3. The molecule has 0 bridgehead atoms. The van der Waals surface area contributed by atoms with E-state index in [0.29, 0.717) is 5.02 Å². The van der Waals surface area contributed by atoms with Gasteiger partial charge in [0.2, 0.25) is 0 Å². The molecule has 3 heteroatoms. The number of rotatable bonds is 1. The maximum absolute atomic E-state index is 9.07. The average Bonchev–Trinajstić information content (AvgIpc) is 2.06. The smallest absolute Gasteiger partial charge is 0.0761 e. The van der Waals surface area contributed by atoms with E-state index in [2.05, 4.69) is 0 Å². The molecule has 0 aromatic heterocycles. The first-order valence-corrected chi connectivity index (χ1v) is 4.54. The van der Waals surface area contributed by atoms with E-state index in [1.54, 1.807) is 26.0 Å². The second-order valence-corrected chi connectivity index (χ2v) is 2.98. The van der Waals surface area contributed by atoms with Gasteiger partial charge in [-0.15, -0.1) is 0 Å². The molecule has 0 fully saturated rings. The normalized spacial score (nSPS) is 11.5. The van der Waals surface area contributed by atoms with Gasteiger partial charge in [-0.2, -0.15) is 0 Å². The fourth-order valence-electron chi connectivity index (χ4n) is 0.741. The number of aliphatic hydroxyl groups is 2. The fourth-order valence-corrected chi connectivity index (χ4v) is 0.867. The van der Waals surface area contributed by atoms with Gasteiger partial charge in [0, 0.05) is 11.6 Å². The summed E-state index contributed by atoms with van der Waals surface area (Å²) in [6.45, 7) is 3.66. The van der Waals surface area contributed by atoms with Crippen molar-refractivity contribution in [1.82, 2.24) is 0 Å². The monoisotopic (exact) mass is 202 g/mol. The van der Waals surface area contributed by atoms with Gasteiger partial charge in [-0.3, -0.25) is 0 Å². The van der Waals surface area contributed by atoms with Crippen LogP contribution in [-0.2, 0) is 0 Å². The van der Waals surface area contributed by atoms with Crippen molar-refractivity contribution in [3.63, 3.8) is 0 Å². The van der Waals surface area contributed by atoms with Crippen molar-refractivity contribution in [3.05, 3.63) is 34.9 Å². The van der Waals surface area contributed by atoms with E-state index >= 15 is 0 Å². The van der Waals surface area contributed by atoms with Crippen molar-refractivity contribution < 1.29 is 10.2 Å². The predicted octanol–water partition coefficient (Wildman–Crippen LogP) is 2.39. The van der Waals surface area contributed by atoms with Crippen LogP contribution in [0.25, 0.3) is 0 Å². The van der Waals surface area contributed by atoms with Crippen molar-refractivity contribution in [2.75, 3.05) is 6.61 Å². The van der Waals surface area contributed by atoms with Gasteiger partial charge in [-0.05, 0) is 31.5 Å². The Morgan fingerprint density at radius 2 is 1.69 bits per heavy atom. The predicted molar refractivity (Wildman–Crippen MR) is 54.8 cm³/mol. The quantitative estimate of drug-likeness (QED) is 0.734. The average molecular weight is 203 g/mol. The van der Waals surface area contributed by atoms with Gasteiger partial charge in [0.05, 0.1) is 6.10 Å². The highest BCUT2D eigenvalue weighted by Gasteiger charge is 1.97. The van der Waals surface area contributed by atoms with E-state index in [1.165, 1.54) is 0 Å². The van der Waals surface area contributed by atoms with Crippen LogP contribution in [0, 0.1) is 0 Å². The standard InChI is InChI=1S/C8H9ClO.C2H6O/c1-6(10)7-2-4-8(9)5-3-7;1-2-3/h2-6,10H,1H3;3H,2H2,1H3. The first kappa shape index (κ1) is 12.4. The molecule has 1 unspecified atom stereocenters. The maximum Gasteiger partial charge on any atom is 0.0761 e. The molecule has 74 valence electrons. The summed E-state index contributed by atoms with van der Waals surface area (Å²) in [7, 11) is 0. The number of benzene rings is 1. The van der Waals surface area contributed by atoms with E-state index in [0.717, 1.165) is 5.56 Å². The van der Waals surface area contributed by atoms with Gasteiger partial charge in [0.15, 0.2) is 0 Å². The van der Waals surface area contributed by atoms with Gasteiger partial charge in [0.1, 0.15) is 0 Å². The van der Waals surface area contributed by atoms with Gasteiger partial charge >= 0.3 is 0 Å². The topological polar surface area (TPSA) is 40.5 Å². The van der Waals surface area contributed by atoms with Gasteiger partial charge < -0.3 is 10.2 Å². The Morgan fingerprint density at radius 1 is 1.31 bits per heavy atom. The highest BCUT2D eigenvalue weighted by atomic mass is 35.5. The van der Waals surface area contributed by atoms with Gasteiger partial charge in [0.25, 0.3) is 0 Å². The molecule has 0 saturated carbocycles. The lowest BCUT2D eigenvalue weighted by atomic mass is 10.1. The van der Waals surface area contributed by atoms with E-state index in [1.807, 2.05) is 12.1 Å². The van der Waals surface area contributed by atoms with Crippen molar-refractivity contribution in [2.24, 2.45) is 0 Å². The van der Waals surface area contributed by atoms with E-state index in [4.69, 9.17) is 21.8 Å². The van der Waals surface area contributed by atoms with E-state index in [-0.39, 0.29) is 6.61 Å². The Labute approximate surface area is 83.8 Å². The van der Waals surface area contributed by atoms with Crippen molar-refractivity contribution >= 4 is 11.6 Å². The largest absolute Gasteiger partial charge is 0.397 e. The van der Waals surface area contributed by atoms with Crippen molar-refractivity contribution in [2.45, 2.75) is 20.0 Å². The molecule has 2 nitrogen and oxygen atoms in total. The lowest BCUT2D eigenvalue weighted by Gasteiger charge is -2.02. The second kappa shape index (κ2) is 6.89. The molecule has 0 aliphatic carbocycles. The molecule has 0 spiro atoms. The van der Waals surface area contributed by atoms with Crippen LogP contribution in [0.5, 0.6) is 0 Å². The summed E-state index contributed by atoms with van der Waals surface area (Å²) in [6.07, 6.45) is -0.405. The molecule has 0 aliphatic heterocycles. The zero-order valence-corrected chi connectivity index (χ0v) is 8.62. The minimum atomic E-state index is -0.405. The Kier molecular flexibility index (Phi) is 6.59. The Morgan fingerprint density at radius 3 is 2.00 bits per heavy atom. The number of halogens is 1. The minimum absolute atomic E-state index is 0.250. The molecule has 1 aromatic rings. The van der Waals surface area contributed by atoms with Crippen LogP contribution in [0.1, 0.15) is 25.5 Å². The highest BCUT2D eigenvalue weighted by molar-refractivity contribution is 6.30. The molecule has 0 amide bonds.